The number of halogens is 2. The van der Waals surface area contributed by atoms with Gasteiger partial charge in [0.15, 0.2) is 12.4 Å². The van der Waals surface area contributed by atoms with Crippen LogP contribution in [-0.4, -0.2) is 80.2 Å². The molecule has 0 bridgehead atoms. The van der Waals surface area contributed by atoms with E-state index in [4.69, 9.17) is 9.47 Å². The van der Waals surface area contributed by atoms with Gasteiger partial charge in [0.2, 0.25) is 5.95 Å². The third-order valence-electron chi connectivity index (χ3n) is 6.18. The van der Waals surface area contributed by atoms with E-state index in [1.807, 2.05) is 34.1 Å². The van der Waals surface area contributed by atoms with Crippen LogP contribution in [0.2, 0.25) is 0 Å². The molecule has 0 unspecified atom stereocenters. The number of hydrogen-bond acceptors (Lipinski definition) is 8. The fourth-order valence-electron chi connectivity index (χ4n) is 4.27. The Morgan fingerprint density at radius 1 is 1.16 bits per heavy atom. The minimum atomic E-state index is -0.676. The smallest absolute Gasteiger partial charge is 0.265 e. The lowest BCUT2D eigenvalue weighted by Gasteiger charge is -2.31. The molecule has 3 aromatic rings. The van der Waals surface area contributed by atoms with E-state index in [1.165, 1.54) is 25.3 Å². The molecular formula is C27H32F2N6O3. The lowest BCUT2D eigenvalue weighted by atomic mass is 10.1. The van der Waals surface area contributed by atoms with E-state index in [1.54, 1.807) is 11.0 Å². The first-order valence-electron chi connectivity index (χ1n) is 12.3. The molecule has 4 rings (SSSR count). The molecule has 0 atom stereocenters. The molecule has 0 saturated carbocycles. The molecule has 2 heterocycles. The quantitative estimate of drug-likeness (QED) is 0.426. The average Bonchev–Trinajstić information content (AvgIpc) is 2.88. The van der Waals surface area contributed by atoms with Crippen molar-refractivity contribution in [3.63, 3.8) is 0 Å². The standard InChI is InChI=1S/C27H32F2N6O3/c1-6-35-22-13-19(11-17(26(22)38-16-24(35)36)15-34(4)10-9-33(2)3)31-27-30-14-21(29)25(32-27)20-8-7-18(28)12-23(20)37-5/h7-8,11-14H,6,9-10,15-16H2,1-5H3,(H,30,31,32). The molecule has 1 N–H and O–H groups in total. The predicted octanol–water partition coefficient (Wildman–Crippen LogP) is 3.91. The number of methoxy groups -OCH3 is 1. The first kappa shape index (κ1) is 27.2. The molecule has 0 fully saturated rings. The van der Waals surface area contributed by atoms with Crippen molar-refractivity contribution < 1.29 is 23.0 Å². The molecule has 38 heavy (non-hydrogen) atoms. The van der Waals surface area contributed by atoms with Crippen LogP contribution < -0.4 is 19.7 Å². The maximum Gasteiger partial charge on any atom is 0.265 e. The zero-order valence-corrected chi connectivity index (χ0v) is 22.2. The summed E-state index contributed by atoms with van der Waals surface area (Å²) >= 11 is 0. The summed E-state index contributed by atoms with van der Waals surface area (Å²) in [6.45, 7) is 4.67. The Bertz CT molecular complexity index is 1320. The Labute approximate surface area is 221 Å². The second-order valence-corrected chi connectivity index (χ2v) is 9.31. The zero-order valence-electron chi connectivity index (χ0n) is 22.2. The van der Waals surface area contributed by atoms with Crippen LogP contribution in [0.25, 0.3) is 11.3 Å². The van der Waals surface area contributed by atoms with E-state index in [0.717, 1.165) is 24.8 Å². The number of fused-ring (bicyclic) bond motifs is 1. The van der Waals surface area contributed by atoms with Crippen LogP contribution in [0.15, 0.2) is 36.5 Å². The Hall–Kier alpha value is -3.83. The predicted molar refractivity (Wildman–Crippen MR) is 142 cm³/mol. The van der Waals surface area contributed by atoms with Crippen LogP contribution >= 0.6 is 0 Å². The maximum atomic E-state index is 14.7. The third kappa shape index (κ3) is 6.00. The van der Waals surface area contributed by atoms with Gasteiger partial charge in [-0.3, -0.25) is 4.79 Å². The minimum absolute atomic E-state index is 0.0219. The Balaban J connectivity index is 1.71. The van der Waals surface area contributed by atoms with E-state index in [9.17, 15) is 13.6 Å². The van der Waals surface area contributed by atoms with Gasteiger partial charge in [-0.1, -0.05) is 0 Å². The molecule has 0 radical (unpaired) electrons. The summed E-state index contributed by atoms with van der Waals surface area (Å²) in [5.41, 5.74) is 2.41. The number of aromatic nitrogens is 2. The Morgan fingerprint density at radius 3 is 2.66 bits per heavy atom. The lowest BCUT2D eigenvalue weighted by Crippen LogP contribution is -2.39. The van der Waals surface area contributed by atoms with Crippen molar-refractivity contribution in [3.8, 4) is 22.8 Å². The summed E-state index contributed by atoms with van der Waals surface area (Å²) in [5, 5.41) is 3.14. The molecule has 202 valence electrons. The van der Waals surface area contributed by atoms with Crippen LogP contribution in [0, 0.1) is 11.6 Å². The number of ether oxygens (including phenoxy) is 2. The van der Waals surface area contributed by atoms with Crippen molar-refractivity contribution >= 4 is 23.2 Å². The number of rotatable bonds is 10. The third-order valence-corrected chi connectivity index (χ3v) is 6.18. The molecule has 1 aliphatic rings. The number of likely N-dealkylation sites (N-methyl/N-ethyl adjacent to an activating group) is 3. The van der Waals surface area contributed by atoms with Gasteiger partial charge < -0.3 is 29.5 Å². The van der Waals surface area contributed by atoms with Gasteiger partial charge in [-0.05, 0) is 52.3 Å². The topological polar surface area (TPSA) is 83.1 Å². The second kappa shape index (κ2) is 11.7. The van der Waals surface area contributed by atoms with Crippen molar-refractivity contribution in [2.75, 3.05) is 64.7 Å². The fraction of sp³-hybridized carbons (Fsp3) is 0.370. The molecule has 9 nitrogen and oxygen atoms in total. The van der Waals surface area contributed by atoms with Crippen LogP contribution in [0.5, 0.6) is 11.5 Å². The molecule has 2 aromatic carbocycles. The number of carbonyl (C=O) groups excluding carboxylic acids is 1. The lowest BCUT2D eigenvalue weighted by molar-refractivity contribution is -0.121. The van der Waals surface area contributed by atoms with Gasteiger partial charge in [-0.2, -0.15) is 0 Å². The average molecular weight is 527 g/mol. The van der Waals surface area contributed by atoms with Gasteiger partial charge in [-0.15, -0.1) is 0 Å². The second-order valence-electron chi connectivity index (χ2n) is 9.31. The van der Waals surface area contributed by atoms with Crippen molar-refractivity contribution in [1.29, 1.82) is 0 Å². The summed E-state index contributed by atoms with van der Waals surface area (Å²) in [4.78, 5) is 27.0. The van der Waals surface area contributed by atoms with Gasteiger partial charge in [-0.25, -0.2) is 18.7 Å². The molecule has 1 aromatic heterocycles. The molecule has 11 heteroatoms. The number of nitrogens with zero attached hydrogens (tertiary/aromatic N) is 5. The zero-order chi connectivity index (χ0) is 27.4. The molecule has 0 spiro atoms. The highest BCUT2D eigenvalue weighted by Crippen LogP contribution is 2.40. The highest BCUT2D eigenvalue weighted by molar-refractivity contribution is 5.99. The van der Waals surface area contributed by atoms with Crippen molar-refractivity contribution in [1.82, 2.24) is 19.8 Å². The molecule has 1 amide bonds. The fourth-order valence-corrected chi connectivity index (χ4v) is 4.27. The summed E-state index contributed by atoms with van der Waals surface area (Å²) < 4.78 is 39.5. The van der Waals surface area contributed by atoms with Gasteiger partial charge in [0.1, 0.15) is 23.0 Å². The van der Waals surface area contributed by atoms with Gasteiger partial charge in [0.05, 0.1) is 19.0 Å². The van der Waals surface area contributed by atoms with Crippen molar-refractivity contribution in [3.05, 3.63) is 53.7 Å². The summed E-state index contributed by atoms with van der Waals surface area (Å²) in [5.74, 6) is -0.373. The van der Waals surface area contributed by atoms with Gasteiger partial charge in [0, 0.05) is 49.1 Å². The van der Waals surface area contributed by atoms with Crippen LogP contribution in [0.3, 0.4) is 0 Å². The number of nitrogens with one attached hydrogen (secondary N) is 1. The van der Waals surface area contributed by atoms with E-state index in [-0.39, 0.29) is 29.9 Å². The van der Waals surface area contributed by atoms with Crippen molar-refractivity contribution in [2.45, 2.75) is 13.5 Å². The summed E-state index contributed by atoms with van der Waals surface area (Å²) in [6, 6.07) is 7.50. The van der Waals surface area contributed by atoms with Gasteiger partial charge in [0.25, 0.3) is 5.91 Å². The number of amides is 1. The van der Waals surface area contributed by atoms with Gasteiger partial charge >= 0.3 is 0 Å². The summed E-state index contributed by atoms with van der Waals surface area (Å²) in [6.07, 6.45) is 1.05. The van der Waals surface area contributed by atoms with E-state index in [2.05, 4.69) is 25.1 Å². The van der Waals surface area contributed by atoms with Crippen LogP contribution in [0.4, 0.5) is 26.1 Å². The molecule has 0 saturated heterocycles. The first-order chi connectivity index (χ1) is 18.2. The number of benzene rings is 2. The molecule has 0 aliphatic carbocycles. The van der Waals surface area contributed by atoms with E-state index in [0.29, 0.717) is 35.8 Å². The monoisotopic (exact) mass is 526 g/mol. The summed E-state index contributed by atoms with van der Waals surface area (Å²) in [7, 11) is 7.44. The largest absolute Gasteiger partial charge is 0.496 e. The maximum absolute atomic E-state index is 14.7. The molecule has 1 aliphatic heterocycles. The normalized spacial score (nSPS) is 13.1. The SMILES string of the molecule is CCN1C(=O)COc2c(CN(C)CCN(C)C)cc(Nc3ncc(F)c(-c4ccc(F)cc4OC)n3)cc21. The Kier molecular flexibility index (Phi) is 8.38. The van der Waals surface area contributed by atoms with E-state index >= 15 is 0 Å². The number of anilines is 3. The van der Waals surface area contributed by atoms with Crippen LogP contribution in [0.1, 0.15) is 12.5 Å². The highest BCUT2D eigenvalue weighted by atomic mass is 19.1. The molecular weight excluding hydrogens is 494 g/mol. The number of hydrogen-bond donors (Lipinski definition) is 1. The van der Waals surface area contributed by atoms with Crippen LogP contribution in [-0.2, 0) is 11.3 Å². The highest BCUT2D eigenvalue weighted by Gasteiger charge is 2.28. The van der Waals surface area contributed by atoms with E-state index < -0.39 is 11.6 Å². The number of carbonyl (C=O) groups is 1. The van der Waals surface area contributed by atoms with Crippen molar-refractivity contribution in [2.24, 2.45) is 0 Å². The Morgan fingerprint density at radius 2 is 1.95 bits per heavy atom. The minimum Gasteiger partial charge on any atom is -0.496 e. The first-order valence-corrected chi connectivity index (χ1v) is 12.3.